The van der Waals surface area contributed by atoms with Crippen molar-refractivity contribution in [1.82, 2.24) is 20.0 Å². The molecule has 3 aromatic rings. The largest absolute Gasteiger partial charge is 0.350 e. The van der Waals surface area contributed by atoms with Crippen LogP contribution >= 0.6 is 15.9 Å². The zero-order valence-electron chi connectivity index (χ0n) is 16.6. The van der Waals surface area contributed by atoms with Crippen molar-refractivity contribution in [2.45, 2.75) is 19.4 Å². The third-order valence-electron chi connectivity index (χ3n) is 4.79. The molecule has 32 heavy (non-hydrogen) atoms. The minimum absolute atomic E-state index is 0.105. The molecule has 8 nitrogen and oxygen atoms in total. The van der Waals surface area contributed by atoms with Crippen LogP contribution in [0, 0.1) is 17.6 Å². The molecular formula is C21H18BrF2N5O3. The maximum Gasteiger partial charge on any atom is 0.289 e. The van der Waals surface area contributed by atoms with Crippen LogP contribution in [0.1, 0.15) is 28.9 Å². The Balaban J connectivity index is 1.70. The van der Waals surface area contributed by atoms with Gasteiger partial charge in [-0.25, -0.2) is 9.87 Å². The standard InChI is InChI=1S/C21H18BrF2N5O3/c22-13-3-4-17(16(23)7-13)27-19-15(20(30)28-32-11-12-1-2-12)10-29(21(31)18(19)24)9-14-8-25-5-6-26-14/h3-8,10,12,27H,1-2,9,11H2,(H,28,30). The number of carbonyl (C=O) groups excluding carboxylic acids is 1. The zero-order chi connectivity index (χ0) is 22.7. The molecule has 11 heteroatoms. The van der Waals surface area contributed by atoms with Gasteiger partial charge in [-0.3, -0.25) is 24.4 Å². The summed E-state index contributed by atoms with van der Waals surface area (Å²) in [6, 6.07) is 4.07. The van der Waals surface area contributed by atoms with Gasteiger partial charge in [-0.2, -0.15) is 4.39 Å². The average molecular weight is 506 g/mol. The Hall–Kier alpha value is -3.18. The van der Waals surface area contributed by atoms with E-state index in [-0.39, 0.29) is 17.8 Å². The molecule has 0 aliphatic heterocycles. The lowest BCUT2D eigenvalue weighted by Gasteiger charge is -2.16. The number of hydroxylamine groups is 1. The van der Waals surface area contributed by atoms with E-state index < -0.39 is 28.8 Å². The lowest BCUT2D eigenvalue weighted by Crippen LogP contribution is -2.31. The number of pyridine rings is 1. The van der Waals surface area contributed by atoms with Gasteiger partial charge >= 0.3 is 0 Å². The lowest BCUT2D eigenvalue weighted by molar-refractivity contribution is 0.0270. The molecule has 0 atom stereocenters. The molecular weight excluding hydrogens is 488 g/mol. The lowest BCUT2D eigenvalue weighted by atomic mass is 10.2. The minimum atomic E-state index is -1.24. The first-order chi connectivity index (χ1) is 15.4. The van der Waals surface area contributed by atoms with Crippen LogP contribution in [0.2, 0.25) is 0 Å². The summed E-state index contributed by atoms with van der Waals surface area (Å²) in [5, 5.41) is 2.53. The summed E-state index contributed by atoms with van der Waals surface area (Å²) in [5.41, 5.74) is 0.856. The molecule has 1 fully saturated rings. The number of anilines is 2. The topological polar surface area (TPSA) is 98.1 Å². The molecule has 4 rings (SSSR count). The van der Waals surface area contributed by atoms with Crippen LogP contribution < -0.4 is 16.4 Å². The van der Waals surface area contributed by atoms with Crippen molar-refractivity contribution in [3.8, 4) is 0 Å². The van der Waals surface area contributed by atoms with Crippen LogP contribution in [0.5, 0.6) is 0 Å². The maximum atomic E-state index is 15.2. The number of hydrogen-bond acceptors (Lipinski definition) is 6. The highest BCUT2D eigenvalue weighted by Crippen LogP contribution is 2.29. The van der Waals surface area contributed by atoms with E-state index >= 15 is 4.39 Å². The Labute approximate surface area is 189 Å². The van der Waals surface area contributed by atoms with Gasteiger partial charge in [0.2, 0.25) is 5.82 Å². The molecule has 0 unspecified atom stereocenters. The molecule has 1 aromatic carbocycles. The predicted octanol–water partition coefficient (Wildman–Crippen LogP) is 3.54. The Morgan fingerprint density at radius 3 is 2.78 bits per heavy atom. The van der Waals surface area contributed by atoms with Crippen LogP contribution in [-0.4, -0.2) is 27.0 Å². The van der Waals surface area contributed by atoms with E-state index in [0.29, 0.717) is 22.7 Å². The second kappa shape index (κ2) is 9.53. The first-order valence-corrected chi connectivity index (χ1v) is 10.5. The first-order valence-electron chi connectivity index (χ1n) is 9.74. The second-order valence-electron chi connectivity index (χ2n) is 7.30. The summed E-state index contributed by atoms with van der Waals surface area (Å²) in [4.78, 5) is 38.6. The summed E-state index contributed by atoms with van der Waals surface area (Å²) < 4.78 is 31.0. The summed E-state index contributed by atoms with van der Waals surface area (Å²) in [6.45, 7) is 0.220. The molecule has 0 spiro atoms. The number of carbonyl (C=O) groups is 1. The smallest absolute Gasteiger partial charge is 0.289 e. The first kappa shape index (κ1) is 22.0. The van der Waals surface area contributed by atoms with Gasteiger partial charge in [0.05, 0.1) is 42.0 Å². The molecule has 166 valence electrons. The van der Waals surface area contributed by atoms with Crippen molar-refractivity contribution < 1.29 is 18.4 Å². The van der Waals surface area contributed by atoms with Crippen molar-refractivity contribution in [2.75, 3.05) is 11.9 Å². The Bertz CT molecular complexity index is 1200. The predicted molar refractivity (Wildman–Crippen MR) is 115 cm³/mol. The van der Waals surface area contributed by atoms with Crippen LogP contribution in [-0.2, 0) is 11.4 Å². The van der Waals surface area contributed by atoms with Gasteiger partial charge in [0.15, 0.2) is 0 Å². The number of nitrogens with one attached hydrogen (secondary N) is 2. The number of nitrogens with zero attached hydrogens (tertiary/aromatic N) is 3. The molecule has 2 N–H and O–H groups in total. The van der Waals surface area contributed by atoms with Gasteiger partial charge in [-0.15, -0.1) is 0 Å². The maximum absolute atomic E-state index is 15.2. The fraction of sp³-hybridized carbons (Fsp3) is 0.238. The zero-order valence-corrected chi connectivity index (χ0v) is 18.2. The molecule has 0 radical (unpaired) electrons. The average Bonchev–Trinajstić information content (AvgIpc) is 3.60. The Morgan fingerprint density at radius 1 is 1.28 bits per heavy atom. The summed E-state index contributed by atoms with van der Waals surface area (Å²) in [7, 11) is 0. The third-order valence-corrected chi connectivity index (χ3v) is 5.28. The summed E-state index contributed by atoms with van der Waals surface area (Å²) in [6.07, 6.45) is 7.53. The van der Waals surface area contributed by atoms with Gasteiger partial charge in [0.25, 0.3) is 11.5 Å². The summed E-state index contributed by atoms with van der Waals surface area (Å²) in [5.74, 6) is -2.34. The van der Waals surface area contributed by atoms with E-state index in [1.807, 2.05) is 0 Å². The van der Waals surface area contributed by atoms with Crippen molar-refractivity contribution in [2.24, 2.45) is 5.92 Å². The molecule has 1 amide bonds. The van der Waals surface area contributed by atoms with E-state index in [4.69, 9.17) is 4.84 Å². The number of hydrogen-bond donors (Lipinski definition) is 2. The highest BCUT2D eigenvalue weighted by atomic mass is 79.9. The van der Waals surface area contributed by atoms with E-state index in [0.717, 1.165) is 17.4 Å². The third kappa shape index (κ3) is 5.17. The second-order valence-corrected chi connectivity index (χ2v) is 8.21. The van der Waals surface area contributed by atoms with Gasteiger partial charge in [-0.05, 0) is 37.0 Å². The van der Waals surface area contributed by atoms with E-state index in [1.165, 1.54) is 43.0 Å². The van der Waals surface area contributed by atoms with Gasteiger partial charge < -0.3 is 9.88 Å². The number of amides is 1. The molecule has 0 saturated heterocycles. The fourth-order valence-electron chi connectivity index (χ4n) is 2.92. The van der Waals surface area contributed by atoms with Gasteiger partial charge in [0, 0.05) is 23.1 Å². The quantitative estimate of drug-likeness (QED) is 0.454. The molecule has 2 heterocycles. The molecule has 1 saturated carbocycles. The van der Waals surface area contributed by atoms with Gasteiger partial charge in [-0.1, -0.05) is 15.9 Å². The van der Waals surface area contributed by atoms with Gasteiger partial charge in [0.1, 0.15) is 5.82 Å². The SMILES string of the molecule is O=C(NOCC1CC1)c1cn(Cc2cnccn2)c(=O)c(F)c1Nc1ccc(Br)cc1F. The van der Waals surface area contributed by atoms with Crippen molar-refractivity contribution in [1.29, 1.82) is 0 Å². The molecule has 1 aliphatic rings. The van der Waals surface area contributed by atoms with E-state index in [9.17, 15) is 14.0 Å². The minimum Gasteiger partial charge on any atom is -0.350 e. The molecule has 2 aromatic heterocycles. The number of aromatic nitrogens is 3. The highest BCUT2D eigenvalue weighted by molar-refractivity contribution is 9.10. The van der Waals surface area contributed by atoms with E-state index in [2.05, 4.69) is 36.7 Å². The monoisotopic (exact) mass is 505 g/mol. The molecule has 0 bridgehead atoms. The normalized spacial score (nSPS) is 13.1. The van der Waals surface area contributed by atoms with Crippen LogP contribution in [0.25, 0.3) is 0 Å². The number of benzene rings is 1. The van der Waals surface area contributed by atoms with Crippen LogP contribution in [0.3, 0.4) is 0 Å². The Morgan fingerprint density at radius 2 is 2.09 bits per heavy atom. The van der Waals surface area contributed by atoms with Crippen molar-refractivity contribution in [3.05, 3.63) is 80.7 Å². The van der Waals surface area contributed by atoms with E-state index in [1.54, 1.807) is 0 Å². The van der Waals surface area contributed by atoms with Crippen molar-refractivity contribution in [3.63, 3.8) is 0 Å². The number of halogens is 3. The van der Waals surface area contributed by atoms with Crippen LogP contribution in [0.4, 0.5) is 20.2 Å². The molecule has 1 aliphatic carbocycles. The summed E-state index contributed by atoms with van der Waals surface area (Å²) >= 11 is 3.14. The Kier molecular flexibility index (Phi) is 6.56. The van der Waals surface area contributed by atoms with Crippen molar-refractivity contribution >= 4 is 33.2 Å². The number of rotatable bonds is 8. The fourth-order valence-corrected chi connectivity index (χ4v) is 3.25. The van der Waals surface area contributed by atoms with Crippen LogP contribution in [0.15, 0.2) is 52.3 Å². The highest BCUT2D eigenvalue weighted by Gasteiger charge is 2.25.